The van der Waals surface area contributed by atoms with Gasteiger partial charge < -0.3 is 51.0 Å². The molecular formula is C38H62IO12V-. The predicted molar refractivity (Wildman–Crippen MR) is 206 cm³/mol. The molecule has 2 aliphatic rings. The summed E-state index contributed by atoms with van der Waals surface area (Å²) in [6, 6.07) is 0. The Morgan fingerprint density at radius 2 is 1.15 bits per heavy atom. The van der Waals surface area contributed by atoms with Gasteiger partial charge in [-0.15, -0.1) is 0 Å². The molecule has 0 aromatic carbocycles. The maximum absolute atomic E-state index is 11.5. The molecule has 1 radical (unpaired) electrons. The molecule has 299 valence electrons. The van der Waals surface area contributed by atoms with E-state index in [1.54, 1.807) is 19.1 Å². The SMILES string of the molecule is C.C/C=C/C(C)C(C(=O)OC)C(=O)OC.C/C=C/C(C)OC(C)=O.CC(=O)OC1C=CCCC1.COC(=O)C(C(=O)OC)[C@H]1C=CCCC1.[CH2-]I.[V]. The number of allylic oxidation sites excluding steroid dienone is 6. The second kappa shape index (κ2) is 37.8. The number of halogens is 1. The Kier molecular flexibility index (Phi) is 42.5. The van der Waals surface area contributed by atoms with Crippen LogP contribution in [0.5, 0.6) is 0 Å². The van der Waals surface area contributed by atoms with E-state index in [9.17, 15) is 28.8 Å². The van der Waals surface area contributed by atoms with Gasteiger partial charge in [0.25, 0.3) is 0 Å². The van der Waals surface area contributed by atoms with Gasteiger partial charge in [-0.1, -0.05) is 50.8 Å². The summed E-state index contributed by atoms with van der Waals surface area (Å²) in [5.41, 5.74) is 0. The number of carbonyl (C=O) groups excluding carboxylic acids is 6. The van der Waals surface area contributed by atoms with Crippen LogP contribution < -0.4 is 0 Å². The van der Waals surface area contributed by atoms with Crippen molar-refractivity contribution >= 4 is 58.4 Å². The molecule has 0 spiro atoms. The zero-order valence-corrected chi connectivity index (χ0v) is 35.3. The first-order valence-electron chi connectivity index (χ1n) is 16.3. The Balaban J connectivity index is -0.000000187. The van der Waals surface area contributed by atoms with E-state index in [0.29, 0.717) is 0 Å². The van der Waals surface area contributed by atoms with Crippen LogP contribution in [0.2, 0.25) is 0 Å². The Bertz CT molecular complexity index is 1090. The molecule has 0 saturated carbocycles. The molecule has 2 aliphatic carbocycles. The van der Waals surface area contributed by atoms with E-state index in [1.165, 1.54) is 42.3 Å². The number of methoxy groups -OCH3 is 4. The number of esters is 6. The van der Waals surface area contributed by atoms with E-state index < -0.39 is 35.7 Å². The van der Waals surface area contributed by atoms with Crippen LogP contribution in [0, 0.1) is 28.6 Å². The predicted octanol–water partition coefficient (Wildman–Crippen LogP) is 7.48. The maximum Gasteiger partial charge on any atom is 0.320 e. The van der Waals surface area contributed by atoms with E-state index in [0.717, 1.165) is 38.5 Å². The molecule has 0 amide bonds. The van der Waals surface area contributed by atoms with Crippen LogP contribution in [0.15, 0.2) is 48.6 Å². The van der Waals surface area contributed by atoms with Crippen molar-refractivity contribution < 1.29 is 75.7 Å². The topological polar surface area (TPSA) is 158 Å². The van der Waals surface area contributed by atoms with Crippen LogP contribution in [0.25, 0.3) is 0 Å². The van der Waals surface area contributed by atoms with Crippen LogP contribution in [0.3, 0.4) is 0 Å². The van der Waals surface area contributed by atoms with Gasteiger partial charge in [0, 0.05) is 38.3 Å². The number of carbonyl (C=O) groups is 6. The van der Waals surface area contributed by atoms with Gasteiger partial charge in [-0.05, 0) is 77.4 Å². The van der Waals surface area contributed by atoms with Gasteiger partial charge in [-0.2, -0.15) is 0 Å². The van der Waals surface area contributed by atoms with Crippen molar-refractivity contribution in [3.63, 3.8) is 0 Å². The van der Waals surface area contributed by atoms with Crippen molar-refractivity contribution in [2.75, 3.05) is 28.4 Å². The summed E-state index contributed by atoms with van der Waals surface area (Å²) in [5.74, 6) is -4.57. The van der Waals surface area contributed by atoms with Crippen LogP contribution in [-0.4, -0.2) is 76.5 Å². The van der Waals surface area contributed by atoms with Gasteiger partial charge in [-0.3, -0.25) is 33.7 Å². The van der Waals surface area contributed by atoms with Crippen molar-refractivity contribution in [3.05, 3.63) is 53.5 Å². The fourth-order valence-corrected chi connectivity index (χ4v) is 4.67. The first-order chi connectivity index (χ1) is 23.7. The molecule has 52 heavy (non-hydrogen) atoms. The average Bonchev–Trinajstić information content (AvgIpc) is 3.10. The van der Waals surface area contributed by atoms with E-state index in [-0.39, 0.29) is 62.0 Å². The fourth-order valence-electron chi connectivity index (χ4n) is 4.67. The van der Waals surface area contributed by atoms with Crippen molar-refractivity contribution in [2.45, 2.75) is 99.7 Å². The van der Waals surface area contributed by atoms with Gasteiger partial charge in [-0.25, -0.2) is 0 Å². The first kappa shape index (κ1) is 58.4. The summed E-state index contributed by atoms with van der Waals surface area (Å²) in [5, 5.41) is 0. The Morgan fingerprint density at radius 1 is 0.712 bits per heavy atom. The van der Waals surface area contributed by atoms with Gasteiger partial charge >= 0.3 is 35.8 Å². The number of hydrogen-bond acceptors (Lipinski definition) is 12. The van der Waals surface area contributed by atoms with Crippen LogP contribution in [0.4, 0.5) is 0 Å². The molecule has 0 aliphatic heterocycles. The largest absolute Gasteiger partial charge is 0.468 e. The molecule has 0 heterocycles. The summed E-state index contributed by atoms with van der Waals surface area (Å²) >= 11 is 1.90. The summed E-state index contributed by atoms with van der Waals surface area (Å²) in [6.45, 7) is 10.1. The van der Waals surface area contributed by atoms with E-state index in [2.05, 4.69) is 30.0 Å². The molecule has 0 fully saturated rings. The Labute approximate surface area is 337 Å². The molecule has 0 saturated heterocycles. The van der Waals surface area contributed by atoms with Gasteiger partial charge in [0.15, 0.2) is 11.8 Å². The summed E-state index contributed by atoms with van der Waals surface area (Å²) in [4.78, 5) is 69.4. The standard InChI is InChI=1S/C11H16O4.C10H16O4.C8H12O2.C7H12O2.CH2I.CH4.V/c1-14-10(12)9(11(13)15-2)8-6-4-3-5-7-8;1-5-6-7(2)8(9(11)13-3)10(12)14-4;1-7(9)10-8-5-3-2-4-6-8;1-4-5-6(2)9-7(3)8;1-2;;/h4,6,8-9H,3,5,7H2,1-2H3;5-8H,1-4H3;3,5,8H,2,4,6H2,1H3;4-6H,1-3H3;1H2;1H4;/q;;;;-1;;/b;6-5+;;5-4+;;;/t8-;;;;;;/m0....../s1. The molecule has 2 rings (SSSR count). The van der Waals surface area contributed by atoms with Gasteiger partial charge in [0.1, 0.15) is 12.2 Å². The number of rotatable bonds is 10. The number of ether oxygens (including phenoxy) is 6. The molecule has 0 aromatic heterocycles. The van der Waals surface area contributed by atoms with E-state index in [1.807, 2.05) is 73.7 Å². The molecule has 4 atom stereocenters. The minimum atomic E-state index is -0.874. The third-order valence-electron chi connectivity index (χ3n) is 6.90. The molecule has 0 bridgehead atoms. The average molecular weight is 889 g/mol. The second-order valence-corrected chi connectivity index (χ2v) is 10.8. The van der Waals surface area contributed by atoms with Crippen molar-refractivity contribution in [2.24, 2.45) is 23.7 Å². The van der Waals surface area contributed by atoms with Crippen LogP contribution >= 0.6 is 22.6 Å². The molecular weight excluding hydrogens is 826 g/mol. The first-order valence-corrected chi connectivity index (χ1v) is 17.8. The van der Waals surface area contributed by atoms with Gasteiger partial charge in [0.05, 0.1) is 28.4 Å². The quantitative estimate of drug-likeness (QED) is 0.0533. The summed E-state index contributed by atoms with van der Waals surface area (Å²) in [6.07, 6.45) is 21.2. The molecule has 3 unspecified atom stereocenters. The van der Waals surface area contributed by atoms with Crippen molar-refractivity contribution in [1.29, 1.82) is 0 Å². The van der Waals surface area contributed by atoms with Crippen molar-refractivity contribution in [1.82, 2.24) is 0 Å². The number of hydrogen-bond donors (Lipinski definition) is 0. The zero-order chi connectivity index (χ0) is 39.1. The summed E-state index contributed by atoms with van der Waals surface area (Å²) < 4.78 is 28.0. The third-order valence-corrected chi connectivity index (χ3v) is 6.90. The smallest absolute Gasteiger partial charge is 0.320 e. The fraction of sp³-hybridized carbons (Fsp3) is 0.605. The second-order valence-electron chi connectivity index (χ2n) is 10.8. The normalized spacial score (nSPS) is 16.4. The van der Waals surface area contributed by atoms with Gasteiger partial charge in [0.2, 0.25) is 0 Å². The van der Waals surface area contributed by atoms with Crippen LogP contribution in [0.1, 0.15) is 87.5 Å². The molecule has 0 N–H and O–H groups in total. The molecule has 14 heteroatoms. The van der Waals surface area contributed by atoms with E-state index >= 15 is 0 Å². The Morgan fingerprint density at radius 3 is 1.48 bits per heavy atom. The summed E-state index contributed by atoms with van der Waals surface area (Å²) in [7, 11) is 5.07. The minimum Gasteiger partial charge on any atom is -0.468 e. The minimum absolute atomic E-state index is 0. The molecule has 0 aromatic rings. The van der Waals surface area contributed by atoms with Crippen molar-refractivity contribution in [3.8, 4) is 0 Å². The third kappa shape index (κ3) is 28.7. The van der Waals surface area contributed by atoms with Crippen LogP contribution in [-0.2, 0) is 75.7 Å². The Hall–Kier alpha value is -2.91. The zero-order valence-electron chi connectivity index (χ0n) is 31.8. The maximum atomic E-state index is 11.5. The van der Waals surface area contributed by atoms with E-state index in [4.69, 9.17) is 9.47 Å². The monoisotopic (exact) mass is 888 g/mol. The molecule has 12 nitrogen and oxygen atoms in total.